The van der Waals surface area contributed by atoms with Crippen LogP contribution in [-0.2, 0) is 0 Å². The Bertz CT molecular complexity index is 592. The lowest BCUT2D eigenvalue weighted by atomic mass is 10.2. The Morgan fingerprint density at radius 3 is 2.52 bits per heavy atom. The van der Waals surface area contributed by atoms with Gasteiger partial charge in [-0.15, -0.1) is 0 Å². The molecule has 0 aliphatic carbocycles. The molecule has 2 amide bonds. The molecule has 0 unspecified atom stereocenters. The molecular weight excluding hydrogens is 276 g/mol. The van der Waals surface area contributed by atoms with Crippen molar-refractivity contribution < 1.29 is 24.0 Å². The Kier molecular flexibility index (Phi) is 4.94. The molecule has 2 aromatic rings. The zero-order valence-electron chi connectivity index (χ0n) is 11.0. The van der Waals surface area contributed by atoms with Crippen molar-refractivity contribution in [2.24, 2.45) is 0 Å². The van der Waals surface area contributed by atoms with Gasteiger partial charge in [0.05, 0.1) is 12.8 Å². The fourth-order valence-electron chi connectivity index (χ4n) is 1.60. The van der Waals surface area contributed by atoms with Gasteiger partial charge >= 0.3 is 0 Å². The molecule has 21 heavy (non-hydrogen) atoms. The molecule has 0 aliphatic heterocycles. The SMILES string of the molecule is O=C(NO)c1ccc(OCCNC(=O)c2ccco2)cc1. The second-order valence-electron chi connectivity index (χ2n) is 4.05. The van der Waals surface area contributed by atoms with E-state index in [1.165, 1.54) is 18.4 Å². The molecule has 0 atom stereocenters. The van der Waals surface area contributed by atoms with E-state index in [0.29, 0.717) is 17.9 Å². The van der Waals surface area contributed by atoms with Gasteiger partial charge < -0.3 is 14.5 Å². The Morgan fingerprint density at radius 2 is 1.90 bits per heavy atom. The molecule has 0 bridgehead atoms. The zero-order chi connectivity index (χ0) is 15.1. The standard InChI is InChI=1S/C14H14N2O5/c17-13(16-19)10-3-5-11(6-4-10)20-9-7-15-14(18)12-2-1-8-21-12/h1-6,8,19H,7,9H2,(H,15,18)(H,16,17). The fraction of sp³-hybridized carbons (Fsp3) is 0.143. The van der Waals surface area contributed by atoms with Gasteiger partial charge in [-0.3, -0.25) is 14.8 Å². The number of benzene rings is 1. The summed E-state index contributed by atoms with van der Waals surface area (Å²) in [5, 5.41) is 11.1. The first-order valence-electron chi connectivity index (χ1n) is 6.19. The van der Waals surface area contributed by atoms with E-state index in [4.69, 9.17) is 14.4 Å². The molecule has 1 aromatic heterocycles. The molecular formula is C14H14N2O5. The Morgan fingerprint density at radius 1 is 1.14 bits per heavy atom. The molecule has 7 nitrogen and oxygen atoms in total. The van der Waals surface area contributed by atoms with E-state index in [9.17, 15) is 9.59 Å². The molecule has 0 aliphatic rings. The maximum atomic E-state index is 11.5. The average molecular weight is 290 g/mol. The van der Waals surface area contributed by atoms with Crippen LogP contribution in [0.2, 0.25) is 0 Å². The van der Waals surface area contributed by atoms with Gasteiger partial charge in [-0.05, 0) is 36.4 Å². The average Bonchev–Trinajstić information content (AvgIpc) is 3.05. The lowest BCUT2D eigenvalue weighted by molar-refractivity contribution is 0.0706. The third-order valence-electron chi connectivity index (χ3n) is 2.62. The van der Waals surface area contributed by atoms with Gasteiger partial charge in [-0.25, -0.2) is 5.48 Å². The molecule has 0 saturated heterocycles. The summed E-state index contributed by atoms with van der Waals surface area (Å²) in [6, 6.07) is 9.43. The fourth-order valence-corrected chi connectivity index (χ4v) is 1.60. The lowest BCUT2D eigenvalue weighted by Crippen LogP contribution is -2.27. The molecule has 3 N–H and O–H groups in total. The van der Waals surface area contributed by atoms with E-state index in [2.05, 4.69) is 5.32 Å². The summed E-state index contributed by atoms with van der Waals surface area (Å²) < 4.78 is 10.3. The van der Waals surface area contributed by atoms with Crippen molar-refractivity contribution in [3.63, 3.8) is 0 Å². The zero-order valence-corrected chi connectivity index (χ0v) is 11.0. The first kappa shape index (κ1) is 14.6. The van der Waals surface area contributed by atoms with Crippen LogP contribution in [0.15, 0.2) is 47.1 Å². The van der Waals surface area contributed by atoms with Crippen LogP contribution in [0, 0.1) is 0 Å². The number of hydrogen-bond acceptors (Lipinski definition) is 5. The molecule has 0 saturated carbocycles. The molecule has 110 valence electrons. The molecule has 0 spiro atoms. The van der Waals surface area contributed by atoms with Crippen molar-refractivity contribution in [3.05, 3.63) is 54.0 Å². The van der Waals surface area contributed by atoms with Crippen LogP contribution in [-0.4, -0.2) is 30.2 Å². The monoisotopic (exact) mass is 290 g/mol. The second-order valence-corrected chi connectivity index (χ2v) is 4.05. The van der Waals surface area contributed by atoms with Crippen LogP contribution in [0.1, 0.15) is 20.9 Å². The summed E-state index contributed by atoms with van der Waals surface area (Å²) in [6.45, 7) is 0.594. The van der Waals surface area contributed by atoms with Crippen molar-refractivity contribution in [2.75, 3.05) is 13.2 Å². The quantitative estimate of drug-likeness (QED) is 0.422. The maximum absolute atomic E-state index is 11.5. The smallest absolute Gasteiger partial charge is 0.287 e. The van der Waals surface area contributed by atoms with Crippen molar-refractivity contribution in [2.45, 2.75) is 0 Å². The normalized spacial score (nSPS) is 9.95. The minimum atomic E-state index is -0.590. The van der Waals surface area contributed by atoms with E-state index >= 15 is 0 Å². The molecule has 0 fully saturated rings. The number of nitrogens with one attached hydrogen (secondary N) is 2. The summed E-state index contributed by atoms with van der Waals surface area (Å²) in [7, 11) is 0. The number of carbonyl (C=O) groups is 2. The first-order chi connectivity index (χ1) is 10.2. The third kappa shape index (κ3) is 4.08. The van der Waals surface area contributed by atoms with Crippen molar-refractivity contribution in [3.8, 4) is 5.75 Å². The number of furan rings is 1. The van der Waals surface area contributed by atoms with E-state index in [1.54, 1.807) is 29.7 Å². The topological polar surface area (TPSA) is 101 Å². The largest absolute Gasteiger partial charge is 0.492 e. The van der Waals surface area contributed by atoms with Crippen molar-refractivity contribution in [1.29, 1.82) is 0 Å². The summed E-state index contributed by atoms with van der Waals surface area (Å²) in [5.41, 5.74) is 1.86. The van der Waals surface area contributed by atoms with Gasteiger partial charge in [0.15, 0.2) is 5.76 Å². The van der Waals surface area contributed by atoms with Gasteiger partial charge in [-0.1, -0.05) is 0 Å². The minimum Gasteiger partial charge on any atom is -0.492 e. The van der Waals surface area contributed by atoms with Crippen molar-refractivity contribution >= 4 is 11.8 Å². The summed E-state index contributed by atoms with van der Waals surface area (Å²) in [5.74, 6) is -0.100. The van der Waals surface area contributed by atoms with Gasteiger partial charge in [0, 0.05) is 5.56 Å². The van der Waals surface area contributed by atoms with Gasteiger partial charge in [0.2, 0.25) is 0 Å². The Hall–Kier alpha value is -2.80. The highest BCUT2D eigenvalue weighted by atomic mass is 16.5. The van der Waals surface area contributed by atoms with Crippen LogP contribution in [0.4, 0.5) is 0 Å². The van der Waals surface area contributed by atoms with Crippen LogP contribution in [0.5, 0.6) is 5.75 Å². The number of amides is 2. The lowest BCUT2D eigenvalue weighted by Gasteiger charge is -2.07. The molecule has 1 aromatic carbocycles. The van der Waals surface area contributed by atoms with E-state index in [1.807, 2.05) is 0 Å². The van der Waals surface area contributed by atoms with E-state index in [-0.39, 0.29) is 18.3 Å². The minimum absolute atomic E-state index is 0.245. The number of ether oxygens (including phenoxy) is 1. The number of hydrogen-bond donors (Lipinski definition) is 3. The van der Waals surface area contributed by atoms with E-state index < -0.39 is 5.91 Å². The number of rotatable bonds is 6. The Balaban J connectivity index is 1.73. The van der Waals surface area contributed by atoms with Gasteiger partial charge in [-0.2, -0.15) is 0 Å². The highest BCUT2D eigenvalue weighted by Crippen LogP contribution is 2.11. The Labute approximate surface area is 120 Å². The number of hydroxylamine groups is 1. The van der Waals surface area contributed by atoms with Crippen LogP contribution >= 0.6 is 0 Å². The van der Waals surface area contributed by atoms with Crippen LogP contribution in [0.25, 0.3) is 0 Å². The summed E-state index contributed by atoms with van der Waals surface area (Å²) >= 11 is 0. The predicted octanol–water partition coefficient (Wildman–Crippen LogP) is 1.21. The van der Waals surface area contributed by atoms with Crippen LogP contribution in [0.3, 0.4) is 0 Å². The first-order valence-corrected chi connectivity index (χ1v) is 6.19. The van der Waals surface area contributed by atoms with Crippen molar-refractivity contribution in [1.82, 2.24) is 10.8 Å². The highest BCUT2D eigenvalue weighted by molar-refractivity contribution is 5.93. The van der Waals surface area contributed by atoms with Crippen LogP contribution < -0.4 is 15.5 Å². The second kappa shape index (κ2) is 7.11. The maximum Gasteiger partial charge on any atom is 0.287 e. The predicted molar refractivity (Wildman–Crippen MR) is 72.2 cm³/mol. The summed E-state index contributed by atoms with van der Waals surface area (Å²) in [6.07, 6.45) is 1.43. The highest BCUT2D eigenvalue weighted by Gasteiger charge is 2.07. The van der Waals surface area contributed by atoms with E-state index in [0.717, 1.165) is 0 Å². The van der Waals surface area contributed by atoms with Gasteiger partial charge in [0.25, 0.3) is 11.8 Å². The third-order valence-corrected chi connectivity index (χ3v) is 2.62. The molecule has 1 heterocycles. The molecule has 7 heteroatoms. The summed E-state index contributed by atoms with van der Waals surface area (Å²) in [4.78, 5) is 22.7. The number of carbonyl (C=O) groups excluding carboxylic acids is 2. The molecule has 2 rings (SSSR count). The van der Waals surface area contributed by atoms with Gasteiger partial charge in [0.1, 0.15) is 12.4 Å². The molecule has 0 radical (unpaired) electrons.